The average Bonchev–Trinajstić information content (AvgIpc) is 3.22. The van der Waals surface area contributed by atoms with Crippen molar-refractivity contribution in [2.75, 3.05) is 29.9 Å². The second-order valence-corrected chi connectivity index (χ2v) is 5.22. The quantitative estimate of drug-likeness (QED) is 0.584. The van der Waals surface area contributed by atoms with Gasteiger partial charge in [-0.25, -0.2) is 4.98 Å². The number of nitrogens with zero attached hydrogens (tertiary/aromatic N) is 3. The van der Waals surface area contributed by atoms with Crippen molar-refractivity contribution in [2.24, 2.45) is 5.92 Å². The van der Waals surface area contributed by atoms with Gasteiger partial charge in [0.05, 0.1) is 4.92 Å². The van der Waals surface area contributed by atoms with Crippen LogP contribution in [0.15, 0.2) is 12.1 Å². The molecule has 0 saturated heterocycles. The van der Waals surface area contributed by atoms with E-state index in [9.17, 15) is 10.1 Å². The summed E-state index contributed by atoms with van der Waals surface area (Å²) in [4.78, 5) is 17.4. The Morgan fingerprint density at radius 2 is 2.20 bits per heavy atom. The average molecular weight is 278 g/mol. The Labute approximate surface area is 119 Å². The lowest BCUT2D eigenvalue weighted by Crippen LogP contribution is -2.28. The van der Waals surface area contributed by atoms with Gasteiger partial charge in [-0.05, 0) is 38.2 Å². The van der Waals surface area contributed by atoms with Gasteiger partial charge in [0.1, 0.15) is 5.82 Å². The maximum Gasteiger partial charge on any atom is 0.311 e. The van der Waals surface area contributed by atoms with Gasteiger partial charge in [-0.3, -0.25) is 10.1 Å². The van der Waals surface area contributed by atoms with Crippen molar-refractivity contribution in [2.45, 2.75) is 33.1 Å². The molecule has 110 valence electrons. The Balaban J connectivity index is 2.31. The van der Waals surface area contributed by atoms with Crippen LogP contribution in [-0.4, -0.2) is 29.5 Å². The Kier molecular flexibility index (Phi) is 4.76. The van der Waals surface area contributed by atoms with E-state index in [-0.39, 0.29) is 10.6 Å². The minimum atomic E-state index is -0.340. The highest BCUT2D eigenvalue weighted by atomic mass is 16.6. The van der Waals surface area contributed by atoms with E-state index < -0.39 is 0 Å². The first-order chi connectivity index (χ1) is 9.65. The largest absolute Gasteiger partial charge is 0.370 e. The van der Waals surface area contributed by atoms with Gasteiger partial charge in [0.15, 0.2) is 0 Å². The van der Waals surface area contributed by atoms with Gasteiger partial charge in [0, 0.05) is 25.7 Å². The van der Waals surface area contributed by atoms with Crippen LogP contribution in [0.2, 0.25) is 0 Å². The third-order valence-corrected chi connectivity index (χ3v) is 3.38. The van der Waals surface area contributed by atoms with Crippen molar-refractivity contribution in [1.29, 1.82) is 0 Å². The topological polar surface area (TPSA) is 71.3 Å². The normalized spacial score (nSPS) is 14.1. The number of hydrogen-bond acceptors (Lipinski definition) is 5. The molecule has 0 bridgehead atoms. The minimum Gasteiger partial charge on any atom is -0.370 e. The van der Waals surface area contributed by atoms with E-state index in [4.69, 9.17) is 0 Å². The van der Waals surface area contributed by atoms with Gasteiger partial charge >= 0.3 is 5.69 Å². The van der Waals surface area contributed by atoms with E-state index in [0.717, 1.165) is 26.1 Å². The molecule has 1 aliphatic carbocycles. The molecule has 6 heteroatoms. The predicted octanol–water partition coefficient (Wildman–Crippen LogP) is 3.05. The summed E-state index contributed by atoms with van der Waals surface area (Å²) in [5, 5.41) is 14.3. The summed E-state index contributed by atoms with van der Waals surface area (Å²) in [6.45, 7) is 6.49. The van der Waals surface area contributed by atoms with Crippen LogP contribution >= 0.6 is 0 Å². The summed E-state index contributed by atoms with van der Waals surface area (Å²) in [7, 11) is 0. The molecule has 0 radical (unpaired) electrons. The first kappa shape index (κ1) is 14.6. The minimum absolute atomic E-state index is 0.0979. The van der Waals surface area contributed by atoms with Gasteiger partial charge in [0.25, 0.3) is 0 Å². The first-order valence-electron chi connectivity index (χ1n) is 7.30. The summed E-state index contributed by atoms with van der Waals surface area (Å²) in [5.74, 6) is 1.87. The van der Waals surface area contributed by atoms with Crippen LogP contribution < -0.4 is 10.2 Å². The second kappa shape index (κ2) is 6.54. The highest BCUT2D eigenvalue weighted by Crippen LogP contribution is 2.34. The number of pyridine rings is 1. The van der Waals surface area contributed by atoms with E-state index in [1.807, 2.05) is 6.92 Å². The maximum atomic E-state index is 11.2. The van der Waals surface area contributed by atoms with Crippen molar-refractivity contribution in [3.05, 3.63) is 22.2 Å². The molecular weight excluding hydrogens is 256 g/mol. The van der Waals surface area contributed by atoms with E-state index in [1.165, 1.54) is 12.8 Å². The molecule has 0 amide bonds. The van der Waals surface area contributed by atoms with Crippen LogP contribution in [0.1, 0.15) is 33.1 Å². The standard InChI is InChI=1S/C14H22N4O2/c1-3-9-17(10-11-5-6-11)14-12(18(19)20)7-8-13(16-14)15-4-2/h7-8,11H,3-6,9-10H2,1-2H3,(H,15,16). The zero-order valence-corrected chi connectivity index (χ0v) is 12.1. The van der Waals surface area contributed by atoms with Crippen molar-refractivity contribution in [3.8, 4) is 0 Å². The molecule has 0 unspecified atom stereocenters. The lowest BCUT2D eigenvalue weighted by atomic mass is 10.3. The zero-order valence-electron chi connectivity index (χ0n) is 12.1. The smallest absolute Gasteiger partial charge is 0.311 e. The molecule has 0 aliphatic heterocycles. The van der Waals surface area contributed by atoms with Gasteiger partial charge in [-0.1, -0.05) is 6.92 Å². The van der Waals surface area contributed by atoms with Crippen molar-refractivity contribution < 1.29 is 4.92 Å². The molecule has 1 aliphatic rings. The Morgan fingerprint density at radius 1 is 1.45 bits per heavy atom. The highest BCUT2D eigenvalue weighted by molar-refractivity contribution is 5.62. The maximum absolute atomic E-state index is 11.2. The Bertz CT molecular complexity index is 474. The van der Waals surface area contributed by atoms with Gasteiger partial charge < -0.3 is 10.2 Å². The molecule has 0 atom stereocenters. The Morgan fingerprint density at radius 3 is 2.75 bits per heavy atom. The predicted molar refractivity (Wildman–Crippen MR) is 80.3 cm³/mol. The Hall–Kier alpha value is -1.85. The number of rotatable bonds is 8. The fraction of sp³-hybridized carbons (Fsp3) is 0.643. The lowest BCUT2D eigenvalue weighted by molar-refractivity contribution is -0.384. The van der Waals surface area contributed by atoms with Crippen molar-refractivity contribution in [1.82, 2.24) is 4.98 Å². The molecule has 0 spiro atoms. The number of anilines is 2. The number of aromatic nitrogens is 1. The molecule has 1 saturated carbocycles. The molecule has 2 rings (SSSR count). The second-order valence-electron chi connectivity index (χ2n) is 5.22. The van der Waals surface area contributed by atoms with Crippen LogP contribution in [0.25, 0.3) is 0 Å². The van der Waals surface area contributed by atoms with Gasteiger partial charge in [-0.2, -0.15) is 0 Å². The highest BCUT2D eigenvalue weighted by Gasteiger charge is 2.28. The molecule has 1 heterocycles. The molecule has 1 aromatic heterocycles. The first-order valence-corrected chi connectivity index (χ1v) is 7.30. The van der Waals surface area contributed by atoms with Gasteiger partial charge in [-0.15, -0.1) is 0 Å². The summed E-state index contributed by atoms with van der Waals surface area (Å²) in [6.07, 6.45) is 3.40. The number of nitrogens with one attached hydrogen (secondary N) is 1. The van der Waals surface area contributed by atoms with Crippen molar-refractivity contribution in [3.63, 3.8) is 0 Å². The fourth-order valence-corrected chi connectivity index (χ4v) is 2.26. The van der Waals surface area contributed by atoms with Crippen LogP contribution in [0.4, 0.5) is 17.3 Å². The SMILES string of the molecule is CCCN(CC1CC1)c1nc(NCC)ccc1[N+](=O)[O-]. The molecule has 20 heavy (non-hydrogen) atoms. The van der Waals surface area contributed by atoms with Crippen LogP contribution in [-0.2, 0) is 0 Å². The fourth-order valence-electron chi connectivity index (χ4n) is 2.26. The molecule has 1 N–H and O–H groups in total. The monoisotopic (exact) mass is 278 g/mol. The van der Waals surface area contributed by atoms with Crippen LogP contribution in [0.3, 0.4) is 0 Å². The molecular formula is C14H22N4O2. The van der Waals surface area contributed by atoms with Crippen LogP contribution in [0, 0.1) is 16.0 Å². The van der Waals surface area contributed by atoms with Crippen LogP contribution in [0.5, 0.6) is 0 Å². The van der Waals surface area contributed by atoms with E-state index in [2.05, 4.69) is 22.1 Å². The summed E-state index contributed by atoms with van der Waals surface area (Å²) in [6, 6.07) is 3.22. The summed E-state index contributed by atoms with van der Waals surface area (Å²) >= 11 is 0. The molecule has 1 aromatic rings. The number of hydrogen-bond donors (Lipinski definition) is 1. The summed E-state index contributed by atoms with van der Waals surface area (Å²) < 4.78 is 0. The zero-order chi connectivity index (χ0) is 14.5. The molecule has 0 aromatic carbocycles. The van der Waals surface area contributed by atoms with E-state index >= 15 is 0 Å². The summed E-state index contributed by atoms with van der Waals surface area (Å²) in [5.41, 5.74) is 0.0979. The van der Waals surface area contributed by atoms with Gasteiger partial charge in [0.2, 0.25) is 5.82 Å². The van der Waals surface area contributed by atoms with E-state index in [0.29, 0.717) is 17.6 Å². The number of nitro groups is 1. The van der Waals surface area contributed by atoms with E-state index in [1.54, 1.807) is 12.1 Å². The van der Waals surface area contributed by atoms with Crippen molar-refractivity contribution >= 4 is 17.3 Å². The third-order valence-electron chi connectivity index (χ3n) is 3.38. The lowest BCUT2D eigenvalue weighted by Gasteiger charge is -2.23. The molecule has 1 fully saturated rings. The molecule has 6 nitrogen and oxygen atoms in total. The third kappa shape index (κ3) is 3.59.